The number of anilines is 2. The van der Waals surface area contributed by atoms with Gasteiger partial charge in [0.2, 0.25) is 0 Å². The number of aromatic nitrogens is 1. The van der Waals surface area contributed by atoms with Crippen LogP contribution >= 0.6 is 0 Å². The van der Waals surface area contributed by atoms with Gasteiger partial charge in [-0.3, -0.25) is 4.98 Å². The van der Waals surface area contributed by atoms with Gasteiger partial charge in [0.25, 0.3) is 0 Å². The van der Waals surface area contributed by atoms with Crippen LogP contribution in [0.25, 0.3) is 0 Å². The zero-order valence-corrected chi connectivity index (χ0v) is 13.9. The molecule has 0 unspecified atom stereocenters. The highest BCUT2D eigenvalue weighted by Crippen LogP contribution is 2.16. The number of rotatable bonds is 5. The lowest BCUT2D eigenvalue weighted by molar-refractivity contribution is -0.0403. The van der Waals surface area contributed by atoms with E-state index in [1.54, 1.807) is 17.3 Å². The van der Waals surface area contributed by atoms with Gasteiger partial charge in [0, 0.05) is 36.9 Å². The van der Waals surface area contributed by atoms with E-state index in [9.17, 15) is 4.79 Å². The molecule has 25 heavy (non-hydrogen) atoms. The molecule has 1 fully saturated rings. The Kier molecular flexibility index (Phi) is 5.81. The standard InChI is InChI=1S/C18H22N4O3/c23-13-17-12-22(9-10-25-17)18(24)20-11-14-1-3-15(4-2-14)21-16-5-7-19-8-6-16/h1-8,17,23H,9-13H2,(H,19,21)(H,20,24)/t17-/m0/s1. The lowest BCUT2D eigenvalue weighted by Gasteiger charge is -2.32. The van der Waals surface area contributed by atoms with Crippen LogP contribution in [-0.2, 0) is 11.3 Å². The van der Waals surface area contributed by atoms with Gasteiger partial charge in [-0.15, -0.1) is 0 Å². The SMILES string of the molecule is O=C(NCc1ccc(Nc2ccncc2)cc1)N1CCO[C@H](CO)C1. The van der Waals surface area contributed by atoms with Gasteiger partial charge in [-0.2, -0.15) is 0 Å². The summed E-state index contributed by atoms with van der Waals surface area (Å²) in [5.41, 5.74) is 2.96. The minimum absolute atomic E-state index is 0.0737. The lowest BCUT2D eigenvalue weighted by atomic mass is 10.2. The molecule has 0 bridgehead atoms. The van der Waals surface area contributed by atoms with E-state index >= 15 is 0 Å². The van der Waals surface area contributed by atoms with E-state index in [4.69, 9.17) is 9.84 Å². The molecule has 1 aliphatic rings. The highest BCUT2D eigenvalue weighted by atomic mass is 16.5. The summed E-state index contributed by atoms with van der Waals surface area (Å²) in [4.78, 5) is 17.9. The van der Waals surface area contributed by atoms with E-state index in [1.165, 1.54) is 0 Å². The number of carbonyl (C=O) groups excluding carboxylic acids is 1. The van der Waals surface area contributed by atoms with E-state index in [0.29, 0.717) is 26.2 Å². The Hall–Kier alpha value is -2.64. The highest BCUT2D eigenvalue weighted by Gasteiger charge is 2.23. The molecule has 2 aromatic rings. The van der Waals surface area contributed by atoms with Crippen molar-refractivity contribution in [1.82, 2.24) is 15.2 Å². The summed E-state index contributed by atoms with van der Waals surface area (Å²) in [7, 11) is 0. The van der Waals surface area contributed by atoms with Crippen molar-refractivity contribution in [1.29, 1.82) is 0 Å². The molecule has 7 heteroatoms. The van der Waals surface area contributed by atoms with Crippen LogP contribution in [0.2, 0.25) is 0 Å². The molecule has 1 saturated heterocycles. The second kappa shape index (κ2) is 8.46. The van der Waals surface area contributed by atoms with Gasteiger partial charge in [0.15, 0.2) is 0 Å². The zero-order chi connectivity index (χ0) is 17.5. The third-order valence-corrected chi connectivity index (χ3v) is 4.00. The monoisotopic (exact) mass is 342 g/mol. The number of morpholine rings is 1. The van der Waals surface area contributed by atoms with Crippen molar-refractivity contribution in [2.45, 2.75) is 12.6 Å². The van der Waals surface area contributed by atoms with Gasteiger partial charge >= 0.3 is 6.03 Å². The molecular formula is C18H22N4O3. The molecule has 3 rings (SSSR count). The fourth-order valence-electron chi connectivity index (χ4n) is 2.61. The average molecular weight is 342 g/mol. The summed E-state index contributed by atoms with van der Waals surface area (Å²) in [6.07, 6.45) is 3.18. The first kappa shape index (κ1) is 17.2. The maximum Gasteiger partial charge on any atom is 0.317 e. The fourth-order valence-corrected chi connectivity index (χ4v) is 2.61. The van der Waals surface area contributed by atoms with Crippen LogP contribution < -0.4 is 10.6 Å². The van der Waals surface area contributed by atoms with Crippen molar-refractivity contribution in [2.24, 2.45) is 0 Å². The number of hydrogen-bond acceptors (Lipinski definition) is 5. The smallest absolute Gasteiger partial charge is 0.317 e. The number of pyridine rings is 1. The Bertz CT molecular complexity index is 678. The topological polar surface area (TPSA) is 86.7 Å². The van der Waals surface area contributed by atoms with Crippen LogP contribution in [0.1, 0.15) is 5.56 Å². The number of nitrogens with zero attached hydrogens (tertiary/aromatic N) is 2. The van der Waals surface area contributed by atoms with Crippen molar-refractivity contribution < 1.29 is 14.6 Å². The van der Waals surface area contributed by atoms with Crippen LogP contribution in [0, 0.1) is 0 Å². The van der Waals surface area contributed by atoms with E-state index in [0.717, 1.165) is 16.9 Å². The van der Waals surface area contributed by atoms with Crippen molar-refractivity contribution in [3.8, 4) is 0 Å². The molecule has 3 N–H and O–H groups in total. The average Bonchev–Trinajstić information content (AvgIpc) is 2.68. The minimum Gasteiger partial charge on any atom is -0.394 e. The normalized spacial score (nSPS) is 17.2. The largest absolute Gasteiger partial charge is 0.394 e. The van der Waals surface area contributed by atoms with Crippen LogP contribution in [0.4, 0.5) is 16.2 Å². The number of nitrogens with one attached hydrogen (secondary N) is 2. The molecule has 7 nitrogen and oxygen atoms in total. The maximum absolute atomic E-state index is 12.2. The number of amides is 2. The zero-order valence-electron chi connectivity index (χ0n) is 13.9. The first-order chi connectivity index (χ1) is 12.2. The third kappa shape index (κ3) is 4.91. The molecule has 132 valence electrons. The molecule has 0 aliphatic carbocycles. The Morgan fingerprint density at radius 3 is 2.64 bits per heavy atom. The Morgan fingerprint density at radius 2 is 1.92 bits per heavy atom. The van der Waals surface area contributed by atoms with Crippen molar-refractivity contribution in [3.05, 3.63) is 54.4 Å². The molecule has 1 aromatic carbocycles. The van der Waals surface area contributed by atoms with Crippen LogP contribution in [0.15, 0.2) is 48.8 Å². The summed E-state index contributed by atoms with van der Waals surface area (Å²) < 4.78 is 5.35. The molecule has 1 aromatic heterocycles. The van der Waals surface area contributed by atoms with Gasteiger partial charge in [-0.05, 0) is 29.8 Å². The van der Waals surface area contributed by atoms with E-state index in [2.05, 4.69) is 15.6 Å². The molecular weight excluding hydrogens is 320 g/mol. The highest BCUT2D eigenvalue weighted by molar-refractivity contribution is 5.74. The quantitative estimate of drug-likeness (QED) is 0.770. The molecule has 1 atom stereocenters. The van der Waals surface area contributed by atoms with Gasteiger partial charge in [-0.1, -0.05) is 12.1 Å². The predicted octanol–water partition coefficient (Wildman–Crippen LogP) is 1.73. The molecule has 0 saturated carbocycles. The van der Waals surface area contributed by atoms with Gasteiger partial charge < -0.3 is 25.4 Å². The second-order valence-electron chi connectivity index (χ2n) is 5.84. The summed E-state index contributed by atoms with van der Waals surface area (Å²) in [5.74, 6) is 0. The number of urea groups is 1. The van der Waals surface area contributed by atoms with Gasteiger partial charge in [-0.25, -0.2) is 4.79 Å². The molecule has 2 heterocycles. The third-order valence-electron chi connectivity index (χ3n) is 4.00. The Morgan fingerprint density at radius 1 is 1.20 bits per heavy atom. The van der Waals surface area contributed by atoms with Crippen LogP contribution in [0.5, 0.6) is 0 Å². The summed E-state index contributed by atoms with van der Waals surface area (Å²) >= 11 is 0. The lowest BCUT2D eigenvalue weighted by Crippen LogP contribution is -2.50. The maximum atomic E-state index is 12.2. The number of aliphatic hydroxyl groups is 1. The van der Waals surface area contributed by atoms with Crippen molar-refractivity contribution in [2.75, 3.05) is 31.6 Å². The second-order valence-corrected chi connectivity index (χ2v) is 5.84. The van der Waals surface area contributed by atoms with E-state index in [1.807, 2.05) is 36.4 Å². The van der Waals surface area contributed by atoms with E-state index < -0.39 is 0 Å². The number of hydrogen-bond donors (Lipinski definition) is 3. The molecule has 0 spiro atoms. The number of aliphatic hydroxyl groups excluding tert-OH is 1. The molecule has 0 radical (unpaired) electrons. The van der Waals surface area contributed by atoms with Gasteiger partial charge in [0.05, 0.1) is 25.9 Å². The Balaban J connectivity index is 1.49. The van der Waals surface area contributed by atoms with Crippen LogP contribution in [0.3, 0.4) is 0 Å². The van der Waals surface area contributed by atoms with Crippen molar-refractivity contribution >= 4 is 17.4 Å². The number of carbonyl (C=O) groups is 1. The summed E-state index contributed by atoms with van der Waals surface area (Å²) in [5, 5.41) is 15.3. The summed E-state index contributed by atoms with van der Waals surface area (Å²) in [6, 6.07) is 11.5. The van der Waals surface area contributed by atoms with Crippen molar-refractivity contribution in [3.63, 3.8) is 0 Å². The molecule has 1 aliphatic heterocycles. The van der Waals surface area contributed by atoms with Crippen LogP contribution in [-0.4, -0.2) is 53.4 Å². The van der Waals surface area contributed by atoms with Gasteiger partial charge in [0.1, 0.15) is 0 Å². The fraction of sp³-hybridized carbons (Fsp3) is 0.333. The minimum atomic E-state index is -0.293. The first-order valence-corrected chi connectivity index (χ1v) is 8.26. The Labute approximate surface area is 146 Å². The number of benzene rings is 1. The first-order valence-electron chi connectivity index (χ1n) is 8.26. The number of ether oxygens (including phenoxy) is 1. The summed E-state index contributed by atoms with van der Waals surface area (Å²) in [6.45, 7) is 1.79. The predicted molar refractivity (Wildman–Crippen MR) is 94.6 cm³/mol. The van der Waals surface area contributed by atoms with E-state index in [-0.39, 0.29) is 18.7 Å². The molecule has 2 amide bonds.